The fourth-order valence-electron chi connectivity index (χ4n) is 5.38. The minimum atomic E-state index is 0. The molecule has 219 valence electrons. The Morgan fingerprint density at radius 1 is 0.556 bits per heavy atom. The average molecular weight is 757 g/mol. The number of pyridine rings is 2. The molecule has 0 unspecified atom stereocenters. The predicted molar refractivity (Wildman–Crippen MR) is 180 cm³/mol. The van der Waals surface area contributed by atoms with Crippen LogP contribution >= 0.6 is 0 Å². The predicted octanol–water partition coefficient (Wildman–Crippen LogP) is 10.6. The number of benzene rings is 5. The average Bonchev–Trinajstić information content (AvgIpc) is 3.49. The molecule has 0 atom stereocenters. The molecule has 3 heterocycles. The SMILES string of the molecule is Cc1cccc(-c2[c-]cccc2)n1.[Ir].[c-]1ccc(-c2ccc(-c3cccc4c3oc3ccccc34)cc2)cc1-c1ccccn1. The zero-order valence-corrected chi connectivity index (χ0v) is 27.0. The number of nitrogens with zero attached hydrogens (tertiary/aromatic N) is 2. The maximum atomic E-state index is 6.21. The summed E-state index contributed by atoms with van der Waals surface area (Å²) in [6, 6.07) is 55.6. The van der Waals surface area contributed by atoms with E-state index in [0.29, 0.717) is 0 Å². The van der Waals surface area contributed by atoms with Gasteiger partial charge >= 0.3 is 0 Å². The number of hydrogen-bond donors (Lipinski definition) is 0. The third-order valence-corrected chi connectivity index (χ3v) is 7.55. The number of hydrogen-bond acceptors (Lipinski definition) is 3. The molecule has 0 aliphatic heterocycles. The normalized spacial score (nSPS) is 10.6. The van der Waals surface area contributed by atoms with E-state index in [4.69, 9.17) is 4.42 Å². The molecule has 0 aliphatic rings. The summed E-state index contributed by atoms with van der Waals surface area (Å²) in [6.07, 6.45) is 1.81. The second-order valence-corrected chi connectivity index (χ2v) is 10.5. The molecule has 0 saturated heterocycles. The fraction of sp³-hybridized carbons (Fsp3) is 0.0244. The zero-order chi connectivity index (χ0) is 29.7. The Balaban J connectivity index is 0.000000215. The van der Waals surface area contributed by atoms with E-state index in [1.807, 2.05) is 92.0 Å². The largest absolute Gasteiger partial charge is 0.455 e. The molecule has 4 heteroatoms. The van der Waals surface area contributed by atoms with Gasteiger partial charge in [-0.15, -0.1) is 71.3 Å². The van der Waals surface area contributed by atoms with Gasteiger partial charge in [-0.1, -0.05) is 84.9 Å². The summed E-state index contributed by atoms with van der Waals surface area (Å²) < 4.78 is 6.21. The first-order valence-corrected chi connectivity index (χ1v) is 14.6. The van der Waals surface area contributed by atoms with Crippen molar-refractivity contribution in [3.05, 3.63) is 170 Å². The second-order valence-electron chi connectivity index (χ2n) is 10.5. The molecule has 45 heavy (non-hydrogen) atoms. The van der Waals surface area contributed by atoms with Gasteiger partial charge in [-0.2, -0.15) is 0 Å². The molecular weight excluding hydrogens is 729 g/mol. The molecule has 1 radical (unpaired) electrons. The third-order valence-electron chi connectivity index (χ3n) is 7.55. The first-order valence-electron chi connectivity index (χ1n) is 14.6. The molecule has 0 aliphatic carbocycles. The van der Waals surface area contributed by atoms with Gasteiger partial charge in [0.1, 0.15) is 11.2 Å². The Morgan fingerprint density at radius 2 is 1.29 bits per heavy atom. The standard InChI is InChI=1S/C29H18NO.C12H10N.Ir/c1-2-13-28-25(9-1)26-11-6-10-24(29(26)31-28)21-16-14-20(15-17-21)22-7-5-8-23(19-22)27-12-3-4-18-30-27;1-10-6-5-9-12(13-10)11-7-3-2-4-8-11;/h1-7,9-19H;2-7,9H,1H3;/q2*-1;. The van der Waals surface area contributed by atoms with Gasteiger partial charge in [0.05, 0.1) is 0 Å². The van der Waals surface area contributed by atoms with Gasteiger partial charge < -0.3 is 14.4 Å². The minimum Gasteiger partial charge on any atom is -0.455 e. The summed E-state index contributed by atoms with van der Waals surface area (Å²) >= 11 is 0. The van der Waals surface area contributed by atoms with Gasteiger partial charge in [0.25, 0.3) is 0 Å². The third kappa shape index (κ3) is 6.53. The summed E-state index contributed by atoms with van der Waals surface area (Å²) in [6.45, 7) is 1.99. The van der Waals surface area contributed by atoms with Crippen LogP contribution in [0, 0.1) is 19.1 Å². The molecule has 3 nitrogen and oxygen atoms in total. The van der Waals surface area contributed by atoms with Crippen molar-refractivity contribution < 1.29 is 24.5 Å². The number of rotatable bonds is 4. The molecule has 0 fully saturated rings. The zero-order valence-electron chi connectivity index (χ0n) is 24.6. The van der Waals surface area contributed by atoms with Crippen molar-refractivity contribution in [3.63, 3.8) is 0 Å². The molecule has 0 bridgehead atoms. The minimum absolute atomic E-state index is 0. The first kappa shape index (κ1) is 29.9. The Kier molecular flexibility index (Phi) is 9.07. The van der Waals surface area contributed by atoms with Crippen LogP contribution in [0.5, 0.6) is 0 Å². The van der Waals surface area contributed by atoms with Crippen LogP contribution in [-0.4, -0.2) is 9.97 Å². The van der Waals surface area contributed by atoms with Crippen LogP contribution in [0.4, 0.5) is 0 Å². The van der Waals surface area contributed by atoms with Crippen LogP contribution < -0.4 is 0 Å². The quantitative estimate of drug-likeness (QED) is 0.168. The number of para-hydroxylation sites is 2. The Bertz CT molecular complexity index is 2170. The van der Waals surface area contributed by atoms with Crippen molar-refractivity contribution in [3.8, 4) is 44.8 Å². The van der Waals surface area contributed by atoms with Crippen molar-refractivity contribution in [2.24, 2.45) is 0 Å². The van der Waals surface area contributed by atoms with Gasteiger partial charge in [0, 0.05) is 48.3 Å². The Labute approximate surface area is 276 Å². The monoisotopic (exact) mass is 757 g/mol. The van der Waals surface area contributed by atoms with Gasteiger partial charge in [-0.25, -0.2) is 0 Å². The molecule has 8 rings (SSSR count). The van der Waals surface area contributed by atoms with E-state index in [1.54, 1.807) is 0 Å². The summed E-state index contributed by atoms with van der Waals surface area (Å²) in [4.78, 5) is 8.85. The van der Waals surface area contributed by atoms with Crippen LogP contribution in [0.15, 0.2) is 156 Å². The van der Waals surface area contributed by atoms with E-state index in [1.165, 1.54) is 0 Å². The van der Waals surface area contributed by atoms with Crippen LogP contribution in [0.25, 0.3) is 66.7 Å². The van der Waals surface area contributed by atoms with Crippen molar-refractivity contribution in [1.82, 2.24) is 9.97 Å². The van der Waals surface area contributed by atoms with Crippen molar-refractivity contribution in [2.75, 3.05) is 0 Å². The number of furan rings is 1. The Hall–Kier alpha value is -5.15. The molecule has 0 saturated carbocycles. The van der Waals surface area contributed by atoms with Gasteiger partial charge in [0.2, 0.25) is 0 Å². The van der Waals surface area contributed by atoms with E-state index in [-0.39, 0.29) is 20.1 Å². The molecular formula is C41H28IrN2O-2. The molecule has 0 spiro atoms. The van der Waals surface area contributed by atoms with Gasteiger partial charge in [-0.3, -0.25) is 0 Å². The van der Waals surface area contributed by atoms with E-state index in [9.17, 15) is 0 Å². The Morgan fingerprint density at radius 3 is 2.09 bits per heavy atom. The van der Waals surface area contributed by atoms with Crippen molar-refractivity contribution in [1.29, 1.82) is 0 Å². The molecule has 5 aromatic carbocycles. The van der Waals surface area contributed by atoms with Crippen molar-refractivity contribution >= 4 is 21.9 Å². The maximum absolute atomic E-state index is 6.21. The van der Waals surface area contributed by atoms with Crippen LogP contribution in [0.3, 0.4) is 0 Å². The number of aryl methyl sites for hydroxylation is 1. The summed E-state index contributed by atoms with van der Waals surface area (Å²) in [5.41, 5.74) is 11.4. The first-order chi connectivity index (χ1) is 21.7. The van der Waals surface area contributed by atoms with E-state index in [0.717, 1.165) is 72.4 Å². The molecule has 3 aromatic heterocycles. The second kappa shape index (κ2) is 13.7. The number of fused-ring (bicyclic) bond motifs is 3. The summed E-state index contributed by atoms with van der Waals surface area (Å²) in [5, 5.41) is 2.30. The summed E-state index contributed by atoms with van der Waals surface area (Å²) in [5.74, 6) is 0. The number of aromatic nitrogens is 2. The van der Waals surface area contributed by atoms with Crippen LogP contribution in [-0.2, 0) is 20.1 Å². The van der Waals surface area contributed by atoms with E-state index >= 15 is 0 Å². The van der Waals surface area contributed by atoms with E-state index in [2.05, 4.69) is 88.8 Å². The van der Waals surface area contributed by atoms with Gasteiger partial charge in [0.15, 0.2) is 0 Å². The van der Waals surface area contributed by atoms with E-state index < -0.39 is 0 Å². The molecule has 0 amide bonds. The van der Waals surface area contributed by atoms with Crippen LogP contribution in [0.1, 0.15) is 5.69 Å². The summed E-state index contributed by atoms with van der Waals surface area (Å²) in [7, 11) is 0. The van der Waals surface area contributed by atoms with Crippen molar-refractivity contribution in [2.45, 2.75) is 6.92 Å². The topological polar surface area (TPSA) is 38.9 Å². The van der Waals surface area contributed by atoms with Crippen LogP contribution in [0.2, 0.25) is 0 Å². The maximum Gasteiger partial charge on any atom is 0.143 e. The smallest absolute Gasteiger partial charge is 0.143 e. The van der Waals surface area contributed by atoms with Gasteiger partial charge in [-0.05, 0) is 47.6 Å². The molecule has 0 N–H and O–H groups in total. The fourth-order valence-corrected chi connectivity index (χ4v) is 5.38. The molecule has 8 aromatic rings.